The number of piperidine rings is 1. The van der Waals surface area contributed by atoms with E-state index in [1.165, 1.54) is 0 Å². The van der Waals surface area contributed by atoms with Gasteiger partial charge in [0.1, 0.15) is 0 Å². The molecular formula is C17H23ClN4O. The van der Waals surface area contributed by atoms with Crippen LogP contribution in [0.5, 0.6) is 0 Å². The number of aryl methyl sites for hydroxylation is 1. The van der Waals surface area contributed by atoms with Crippen LogP contribution in [0.2, 0.25) is 0 Å². The second-order valence-corrected chi connectivity index (χ2v) is 5.83. The maximum absolute atomic E-state index is 12.6. The predicted molar refractivity (Wildman–Crippen MR) is 93.5 cm³/mol. The molecule has 1 aromatic heterocycles. The molecule has 1 amide bonds. The lowest BCUT2D eigenvalue weighted by molar-refractivity contribution is 0.0698. The standard InChI is InChI=1S/C17H22N4O.ClH/c1-13-9-11-21(19-13)16-7-5-14(6-8-16)17(22)20-10-3-4-15(12-20)18-2;/h5-9,11,15,18H,3-4,10,12H2,1-2H3;1H. The maximum Gasteiger partial charge on any atom is 0.253 e. The van der Waals surface area contributed by atoms with Crippen molar-refractivity contribution in [3.8, 4) is 5.69 Å². The van der Waals surface area contributed by atoms with E-state index in [0.717, 1.165) is 42.9 Å². The summed E-state index contributed by atoms with van der Waals surface area (Å²) in [5, 5.41) is 7.65. The van der Waals surface area contributed by atoms with Gasteiger partial charge in [0.25, 0.3) is 5.91 Å². The number of rotatable bonds is 3. The van der Waals surface area contributed by atoms with Gasteiger partial charge in [0.2, 0.25) is 0 Å². The summed E-state index contributed by atoms with van der Waals surface area (Å²) >= 11 is 0. The quantitative estimate of drug-likeness (QED) is 0.938. The van der Waals surface area contributed by atoms with Crippen molar-refractivity contribution in [3.63, 3.8) is 0 Å². The number of halogens is 1. The van der Waals surface area contributed by atoms with Gasteiger partial charge in [0.15, 0.2) is 0 Å². The minimum absolute atomic E-state index is 0. The van der Waals surface area contributed by atoms with E-state index in [1.807, 2.05) is 60.1 Å². The Morgan fingerprint density at radius 2 is 2.00 bits per heavy atom. The lowest BCUT2D eigenvalue weighted by Gasteiger charge is -2.32. The fraction of sp³-hybridized carbons (Fsp3) is 0.412. The van der Waals surface area contributed by atoms with Crippen LogP contribution in [-0.2, 0) is 0 Å². The van der Waals surface area contributed by atoms with Crippen LogP contribution in [0.4, 0.5) is 0 Å². The molecule has 1 fully saturated rings. The number of carbonyl (C=O) groups is 1. The normalized spacial score (nSPS) is 17.7. The summed E-state index contributed by atoms with van der Waals surface area (Å²) in [4.78, 5) is 14.5. The van der Waals surface area contributed by atoms with Gasteiger partial charge in [-0.1, -0.05) is 0 Å². The third kappa shape index (κ3) is 3.92. The molecule has 0 aliphatic carbocycles. The van der Waals surface area contributed by atoms with Crippen molar-refractivity contribution in [2.24, 2.45) is 0 Å². The molecule has 1 aromatic carbocycles. The van der Waals surface area contributed by atoms with Gasteiger partial charge in [0, 0.05) is 30.9 Å². The minimum atomic E-state index is 0. The number of hydrogen-bond donors (Lipinski definition) is 1. The lowest BCUT2D eigenvalue weighted by atomic mass is 10.0. The van der Waals surface area contributed by atoms with E-state index >= 15 is 0 Å². The predicted octanol–water partition coefficient (Wildman–Crippen LogP) is 2.43. The Kier molecular flexibility index (Phi) is 5.80. The smallest absolute Gasteiger partial charge is 0.253 e. The Morgan fingerprint density at radius 3 is 2.61 bits per heavy atom. The first-order valence-corrected chi connectivity index (χ1v) is 7.76. The van der Waals surface area contributed by atoms with E-state index in [9.17, 15) is 4.79 Å². The van der Waals surface area contributed by atoms with Crippen LogP contribution in [0.1, 0.15) is 28.9 Å². The molecule has 5 nitrogen and oxygen atoms in total. The second-order valence-electron chi connectivity index (χ2n) is 5.83. The molecule has 0 radical (unpaired) electrons. The van der Waals surface area contributed by atoms with Crippen LogP contribution >= 0.6 is 12.4 Å². The van der Waals surface area contributed by atoms with Crippen LogP contribution in [0.15, 0.2) is 36.5 Å². The van der Waals surface area contributed by atoms with Gasteiger partial charge in [-0.2, -0.15) is 5.10 Å². The van der Waals surface area contributed by atoms with Crippen molar-refractivity contribution in [2.75, 3.05) is 20.1 Å². The van der Waals surface area contributed by atoms with Gasteiger partial charge in [-0.15, -0.1) is 12.4 Å². The Balaban J connectivity index is 0.00000192. The molecule has 3 rings (SSSR count). The van der Waals surface area contributed by atoms with Gasteiger partial charge < -0.3 is 10.2 Å². The summed E-state index contributed by atoms with van der Waals surface area (Å²) in [6.07, 6.45) is 4.12. The fourth-order valence-electron chi connectivity index (χ4n) is 2.90. The fourth-order valence-corrected chi connectivity index (χ4v) is 2.90. The molecule has 1 aliphatic heterocycles. The molecule has 0 bridgehead atoms. The molecule has 2 aromatic rings. The van der Waals surface area contributed by atoms with Crippen LogP contribution in [0.25, 0.3) is 5.69 Å². The number of carbonyl (C=O) groups excluding carboxylic acids is 1. The van der Waals surface area contributed by atoms with Gasteiger partial charge >= 0.3 is 0 Å². The van der Waals surface area contributed by atoms with Crippen molar-refractivity contribution >= 4 is 18.3 Å². The molecule has 1 unspecified atom stereocenters. The second kappa shape index (κ2) is 7.62. The first-order chi connectivity index (χ1) is 10.7. The summed E-state index contributed by atoms with van der Waals surface area (Å²) in [7, 11) is 1.96. The molecule has 23 heavy (non-hydrogen) atoms. The average molecular weight is 335 g/mol. The number of benzene rings is 1. The first-order valence-electron chi connectivity index (χ1n) is 7.76. The van der Waals surface area contributed by atoms with Crippen LogP contribution in [0.3, 0.4) is 0 Å². The number of hydrogen-bond acceptors (Lipinski definition) is 3. The average Bonchev–Trinajstić information content (AvgIpc) is 3.01. The van der Waals surface area contributed by atoms with Crippen molar-refractivity contribution in [3.05, 3.63) is 47.8 Å². The van der Waals surface area contributed by atoms with Gasteiger partial charge in [0.05, 0.1) is 11.4 Å². The Bertz CT molecular complexity index is 653. The molecular weight excluding hydrogens is 312 g/mol. The molecule has 1 saturated heterocycles. The van der Waals surface area contributed by atoms with Gasteiger partial charge in [-0.25, -0.2) is 4.68 Å². The maximum atomic E-state index is 12.6. The Morgan fingerprint density at radius 1 is 1.26 bits per heavy atom. The molecule has 2 heterocycles. The largest absolute Gasteiger partial charge is 0.337 e. The van der Waals surface area contributed by atoms with E-state index in [1.54, 1.807) is 0 Å². The summed E-state index contributed by atoms with van der Waals surface area (Å²) in [5.74, 6) is 0.114. The molecule has 0 spiro atoms. The van der Waals surface area contributed by atoms with Crippen molar-refractivity contribution in [1.29, 1.82) is 0 Å². The third-order valence-electron chi connectivity index (χ3n) is 4.22. The Hall–Kier alpha value is -1.85. The van der Waals surface area contributed by atoms with E-state index in [0.29, 0.717) is 6.04 Å². The molecule has 1 atom stereocenters. The molecule has 0 saturated carbocycles. The summed E-state index contributed by atoms with van der Waals surface area (Å²) in [5.41, 5.74) is 2.69. The van der Waals surface area contributed by atoms with Crippen molar-refractivity contribution < 1.29 is 4.79 Å². The van der Waals surface area contributed by atoms with E-state index in [2.05, 4.69) is 10.4 Å². The highest BCUT2D eigenvalue weighted by Crippen LogP contribution is 2.15. The zero-order chi connectivity index (χ0) is 15.5. The van der Waals surface area contributed by atoms with Crippen molar-refractivity contribution in [1.82, 2.24) is 20.0 Å². The number of amides is 1. The number of nitrogens with zero attached hydrogens (tertiary/aromatic N) is 3. The number of aromatic nitrogens is 2. The summed E-state index contributed by atoms with van der Waals surface area (Å²) in [6, 6.07) is 10.0. The third-order valence-corrected chi connectivity index (χ3v) is 4.22. The van der Waals surface area contributed by atoms with E-state index in [-0.39, 0.29) is 18.3 Å². The van der Waals surface area contributed by atoms with Crippen LogP contribution in [-0.4, -0.2) is 46.8 Å². The molecule has 6 heteroatoms. The zero-order valence-electron chi connectivity index (χ0n) is 13.5. The summed E-state index contributed by atoms with van der Waals surface area (Å²) < 4.78 is 1.82. The number of nitrogens with one attached hydrogen (secondary N) is 1. The van der Waals surface area contributed by atoms with Gasteiger partial charge in [-0.05, 0) is 57.1 Å². The van der Waals surface area contributed by atoms with Crippen LogP contribution in [0, 0.1) is 6.92 Å². The first kappa shape index (κ1) is 17.5. The van der Waals surface area contributed by atoms with E-state index < -0.39 is 0 Å². The lowest BCUT2D eigenvalue weighted by Crippen LogP contribution is -2.46. The topological polar surface area (TPSA) is 50.2 Å². The summed E-state index contributed by atoms with van der Waals surface area (Å²) in [6.45, 7) is 3.59. The van der Waals surface area contributed by atoms with Crippen LogP contribution < -0.4 is 5.32 Å². The molecule has 1 aliphatic rings. The number of likely N-dealkylation sites (tertiary alicyclic amines) is 1. The zero-order valence-corrected chi connectivity index (χ0v) is 14.3. The minimum Gasteiger partial charge on any atom is -0.337 e. The highest BCUT2D eigenvalue weighted by Gasteiger charge is 2.23. The molecule has 124 valence electrons. The highest BCUT2D eigenvalue weighted by molar-refractivity contribution is 5.94. The monoisotopic (exact) mass is 334 g/mol. The van der Waals surface area contributed by atoms with E-state index in [4.69, 9.17) is 0 Å². The SMILES string of the molecule is CNC1CCCN(C(=O)c2ccc(-n3ccc(C)n3)cc2)C1.Cl. The highest BCUT2D eigenvalue weighted by atomic mass is 35.5. The van der Waals surface area contributed by atoms with Gasteiger partial charge in [-0.3, -0.25) is 4.79 Å². The molecule has 1 N–H and O–H groups in total. The van der Waals surface area contributed by atoms with Crippen molar-refractivity contribution in [2.45, 2.75) is 25.8 Å². The Labute approximate surface area is 143 Å². The number of likely N-dealkylation sites (N-methyl/N-ethyl adjacent to an activating group) is 1.